The summed E-state index contributed by atoms with van der Waals surface area (Å²) in [4.78, 5) is 14.3. The van der Waals surface area contributed by atoms with Crippen LogP contribution in [0.25, 0.3) is 0 Å². The van der Waals surface area contributed by atoms with Crippen molar-refractivity contribution in [1.82, 2.24) is 10.2 Å². The minimum atomic E-state index is -2.85. The largest absolute Gasteiger partial charge is 0.454 e. The average molecular weight is 404 g/mol. The number of carbonyl (C=O) groups is 1. The Kier molecular flexibility index (Phi) is 5.42. The first kappa shape index (κ1) is 19.3. The molecule has 2 aliphatic rings. The number of ether oxygens (including phenoxy) is 3. The van der Waals surface area contributed by atoms with E-state index in [4.69, 9.17) is 9.47 Å². The zero-order chi connectivity index (χ0) is 20.4. The molecule has 2 amide bonds. The summed E-state index contributed by atoms with van der Waals surface area (Å²) in [5.41, 5.74) is 2.81. The van der Waals surface area contributed by atoms with E-state index in [2.05, 4.69) is 10.1 Å². The molecule has 0 radical (unpaired) electrons. The number of rotatable bonds is 5. The fourth-order valence-electron chi connectivity index (χ4n) is 3.76. The fourth-order valence-corrected chi connectivity index (χ4v) is 3.76. The molecular weight excluding hydrogens is 382 g/mol. The Labute approximate surface area is 167 Å². The van der Waals surface area contributed by atoms with Crippen molar-refractivity contribution >= 4 is 6.03 Å². The molecular formula is C21H22F2N2O4. The van der Waals surface area contributed by atoms with Gasteiger partial charge in [-0.15, -0.1) is 0 Å². The van der Waals surface area contributed by atoms with Crippen LogP contribution < -0.4 is 19.5 Å². The third kappa shape index (κ3) is 4.36. The summed E-state index contributed by atoms with van der Waals surface area (Å²) in [5, 5.41) is 3.05. The number of hydrogen-bond donors (Lipinski definition) is 1. The van der Waals surface area contributed by atoms with Crippen LogP contribution in [0, 0.1) is 0 Å². The number of urea groups is 1. The minimum Gasteiger partial charge on any atom is -0.454 e. The smallest absolute Gasteiger partial charge is 0.387 e. The van der Waals surface area contributed by atoms with Crippen molar-refractivity contribution in [2.75, 3.05) is 13.8 Å². The second kappa shape index (κ2) is 8.14. The molecule has 0 bridgehead atoms. The van der Waals surface area contributed by atoms with Gasteiger partial charge in [-0.1, -0.05) is 12.1 Å². The van der Waals surface area contributed by atoms with Crippen LogP contribution in [0.5, 0.6) is 17.2 Å². The highest BCUT2D eigenvalue weighted by molar-refractivity contribution is 5.74. The second-order valence-corrected chi connectivity index (χ2v) is 7.18. The van der Waals surface area contributed by atoms with Crippen LogP contribution in [0.1, 0.15) is 35.6 Å². The highest BCUT2D eigenvalue weighted by Gasteiger charge is 2.24. The predicted molar refractivity (Wildman–Crippen MR) is 101 cm³/mol. The van der Waals surface area contributed by atoms with E-state index in [1.807, 2.05) is 18.2 Å². The lowest BCUT2D eigenvalue weighted by Crippen LogP contribution is -2.40. The van der Waals surface area contributed by atoms with Crippen LogP contribution in [0.2, 0.25) is 0 Å². The van der Waals surface area contributed by atoms with Crippen LogP contribution >= 0.6 is 0 Å². The number of nitrogens with one attached hydrogen (secondary N) is 1. The average Bonchev–Trinajstić information content (AvgIpc) is 3.15. The van der Waals surface area contributed by atoms with Gasteiger partial charge in [-0.05, 0) is 60.2 Å². The van der Waals surface area contributed by atoms with Gasteiger partial charge in [0.15, 0.2) is 11.5 Å². The lowest BCUT2D eigenvalue weighted by Gasteiger charge is -2.29. The van der Waals surface area contributed by atoms with Gasteiger partial charge in [0.25, 0.3) is 0 Å². The standard InChI is InChI=1S/C21H22F2N2O4/c1-25(11-13-5-8-18-19(9-13)28-12-27-18)21(26)24-17-4-2-3-14-10-15(29-20(22)23)6-7-16(14)17/h5-10,17,20H,2-4,11-12H2,1H3,(H,24,26). The van der Waals surface area contributed by atoms with Crippen LogP contribution in [-0.2, 0) is 13.0 Å². The van der Waals surface area contributed by atoms with Gasteiger partial charge < -0.3 is 24.4 Å². The van der Waals surface area contributed by atoms with Crippen molar-refractivity contribution in [2.45, 2.75) is 38.5 Å². The summed E-state index contributed by atoms with van der Waals surface area (Å²) in [6, 6.07) is 10.2. The molecule has 154 valence electrons. The third-order valence-electron chi connectivity index (χ3n) is 5.16. The van der Waals surface area contributed by atoms with Crippen molar-refractivity contribution in [3.8, 4) is 17.2 Å². The van der Waals surface area contributed by atoms with Crippen LogP contribution in [-0.4, -0.2) is 31.4 Å². The van der Waals surface area contributed by atoms with Gasteiger partial charge in [-0.3, -0.25) is 0 Å². The summed E-state index contributed by atoms with van der Waals surface area (Å²) < 4.78 is 40.1. The monoisotopic (exact) mass is 404 g/mol. The van der Waals surface area contributed by atoms with Crippen molar-refractivity contribution in [3.63, 3.8) is 0 Å². The van der Waals surface area contributed by atoms with Crippen molar-refractivity contribution in [2.24, 2.45) is 0 Å². The molecule has 0 aromatic heterocycles. The van der Waals surface area contributed by atoms with Crippen molar-refractivity contribution in [1.29, 1.82) is 0 Å². The van der Waals surface area contributed by atoms with E-state index in [0.717, 1.165) is 36.0 Å². The van der Waals surface area contributed by atoms with E-state index in [1.165, 1.54) is 6.07 Å². The topological polar surface area (TPSA) is 60.0 Å². The summed E-state index contributed by atoms with van der Waals surface area (Å²) in [6.45, 7) is -2.22. The summed E-state index contributed by atoms with van der Waals surface area (Å²) in [5.74, 6) is 1.53. The summed E-state index contributed by atoms with van der Waals surface area (Å²) in [7, 11) is 1.73. The summed E-state index contributed by atoms with van der Waals surface area (Å²) >= 11 is 0. The van der Waals surface area contributed by atoms with E-state index in [1.54, 1.807) is 24.1 Å². The SMILES string of the molecule is CN(Cc1ccc2c(c1)OCO2)C(=O)NC1CCCc2cc(OC(F)F)ccc21. The first-order valence-electron chi connectivity index (χ1n) is 9.47. The van der Waals surface area contributed by atoms with Crippen LogP contribution in [0.15, 0.2) is 36.4 Å². The van der Waals surface area contributed by atoms with Crippen LogP contribution in [0.4, 0.5) is 13.6 Å². The molecule has 2 aromatic rings. The number of amides is 2. The molecule has 29 heavy (non-hydrogen) atoms. The first-order chi connectivity index (χ1) is 14.0. The van der Waals surface area contributed by atoms with Gasteiger partial charge in [0.2, 0.25) is 6.79 Å². The minimum absolute atomic E-state index is 0.144. The number of halogens is 2. The number of fused-ring (bicyclic) bond motifs is 2. The summed E-state index contributed by atoms with van der Waals surface area (Å²) in [6.07, 6.45) is 2.43. The van der Waals surface area contributed by atoms with Gasteiger partial charge in [-0.25, -0.2) is 4.79 Å². The maximum Gasteiger partial charge on any atom is 0.387 e. The van der Waals surface area contributed by atoms with Gasteiger partial charge >= 0.3 is 12.6 Å². The van der Waals surface area contributed by atoms with E-state index in [0.29, 0.717) is 18.0 Å². The molecule has 0 fully saturated rings. The maximum absolute atomic E-state index is 12.7. The Morgan fingerprint density at radius 1 is 1.24 bits per heavy atom. The molecule has 0 saturated heterocycles. The fraction of sp³-hybridized carbons (Fsp3) is 0.381. The molecule has 4 rings (SSSR count). The number of benzene rings is 2. The quantitative estimate of drug-likeness (QED) is 0.810. The molecule has 8 heteroatoms. The van der Waals surface area contributed by atoms with E-state index in [9.17, 15) is 13.6 Å². The van der Waals surface area contributed by atoms with E-state index >= 15 is 0 Å². The molecule has 1 unspecified atom stereocenters. The van der Waals surface area contributed by atoms with E-state index < -0.39 is 6.61 Å². The lowest BCUT2D eigenvalue weighted by molar-refractivity contribution is -0.0499. The molecule has 1 aliphatic heterocycles. The lowest BCUT2D eigenvalue weighted by atomic mass is 9.87. The zero-order valence-electron chi connectivity index (χ0n) is 16.0. The Morgan fingerprint density at radius 3 is 2.90 bits per heavy atom. The van der Waals surface area contributed by atoms with Gasteiger partial charge in [0.05, 0.1) is 6.04 Å². The van der Waals surface area contributed by atoms with Crippen LogP contribution in [0.3, 0.4) is 0 Å². The predicted octanol–water partition coefficient (Wildman–Crippen LogP) is 4.24. The molecule has 2 aromatic carbocycles. The van der Waals surface area contributed by atoms with Gasteiger partial charge in [0, 0.05) is 13.6 Å². The second-order valence-electron chi connectivity index (χ2n) is 7.18. The zero-order valence-corrected chi connectivity index (χ0v) is 16.0. The Hall–Kier alpha value is -3.03. The van der Waals surface area contributed by atoms with Crippen molar-refractivity contribution < 1.29 is 27.8 Å². The Morgan fingerprint density at radius 2 is 2.07 bits per heavy atom. The molecule has 0 saturated carbocycles. The van der Waals surface area contributed by atoms with Crippen molar-refractivity contribution in [3.05, 3.63) is 53.1 Å². The van der Waals surface area contributed by atoms with Gasteiger partial charge in [0.1, 0.15) is 5.75 Å². The molecule has 6 nitrogen and oxygen atoms in total. The number of aryl methyl sites for hydroxylation is 1. The first-order valence-corrected chi connectivity index (χ1v) is 9.47. The molecule has 1 heterocycles. The van der Waals surface area contributed by atoms with Gasteiger partial charge in [-0.2, -0.15) is 8.78 Å². The van der Waals surface area contributed by atoms with E-state index in [-0.39, 0.29) is 24.6 Å². The molecule has 1 atom stereocenters. The number of hydrogen-bond acceptors (Lipinski definition) is 4. The normalized spacial score (nSPS) is 17.0. The highest BCUT2D eigenvalue weighted by Crippen LogP contribution is 2.34. The number of alkyl halides is 2. The molecule has 1 aliphatic carbocycles. The molecule has 0 spiro atoms. The Bertz CT molecular complexity index is 906. The molecule has 1 N–H and O–H groups in total. The third-order valence-corrected chi connectivity index (χ3v) is 5.16. The highest BCUT2D eigenvalue weighted by atomic mass is 19.3. The number of carbonyl (C=O) groups excluding carboxylic acids is 1. The maximum atomic E-state index is 12.7. The Balaban J connectivity index is 1.41. The number of nitrogens with zero attached hydrogens (tertiary/aromatic N) is 1.